The molecule has 1 aliphatic rings. The molecule has 0 nitrogen and oxygen atoms in total. The number of rotatable bonds is 2. The summed E-state index contributed by atoms with van der Waals surface area (Å²) in [4.78, 5) is 2.93. The monoisotopic (exact) mass is 200 g/mol. The Morgan fingerprint density at radius 2 is 2.42 bits per heavy atom. The largest absolute Gasteiger partial charge is 0.145 e. The molecule has 2 atom stereocenters. The summed E-state index contributed by atoms with van der Waals surface area (Å²) in [5.74, 6) is 1.53. The molecule has 0 saturated heterocycles. The van der Waals surface area contributed by atoms with Gasteiger partial charge >= 0.3 is 0 Å². The van der Waals surface area contributed by atoms with Gasteiger partial charge in [0.05, 0.1) is 0 Å². The number of hydrogen-bond donors (Lipinski definition) is 0. The highest BCUT2D eigenvalue weighted by atomic mass is 35.5. The third-order valence-corrected chi connectivity index (χ3v) is 4.55. The van der Waals surface area contributed by atoms with Gasteiger partial charge in [0.1, 0.15) is 0 Å². The number of aryl methyl sites for hydroxylation is 1. The van der Waals surface area contributed by atoms with E-state index in [9.17, 15) is 0 Å². The van der Waals surface area contributed by atoms with E-state index in [0.29, 0.717) is 5.41 Å². The van der Waals surface area contributed by atoms with Crippen LogP contribution in [0.4, 0.5) is 0 Å². The molecule has 1 heterocycles. The van der Waals surface area contributed by atoms with Gasteiger partial charge in [-0.25, -0.2) is 0 Å². The highest BCUT2D eigenvalue weighted by Gasteiger charge is 2.51. The van der Waals surface area contributed by atoms with Crippen LogP contribution in [0.3, 0.4) is 0 Å². The van der Waals surface area contributed by atoms with Crippen LogP contribution in [0.25, 0.3) is 0 Å². The maximum Gasteiger partial charge on any atom is 0.0260 e. The second kappa shape index (κ2) is 2.74. The van der Waals surface area contributed by atoms with E-state index >= 15 is 0 Å². The second-order valence-electron chi connectivity index (χ2n) is 3.88. The lowest BCUT2D eigenvalue weighted by atomic mass is 10.1. The van der Waals surface area contributed by atoms with Gasteiger partial charge in [-0.05, 0) is 31.4 Å². The zero-order valence-corrected chi connectivity index (χ0v) is 9.00. The van der Waals surface area contributed by atoms with E-state index in [0.717, 1.165) is 11.8 Å². The highest BCUT2D eigenvalue weighted by molar-refractivity contribution is 7.12. The van der Waals surface area contributed by atoms with Crippen LogP contribution < -0.4 is 0 Å². The summed E-state index contributed by atoms with van der Waals surface area (Å²) >= 11 is 7.76. The minimum atomic E-state index is 0.417. The van der Waals surface area contributed by atoms with Crippen LogP contribution in [-0.2, 0) is 5.41 Å². The lowest BCUT2D eigenvalue weighted by molar-refractivity contribution is 0.721. The Kier molecular flexibility index (Phi) is 1.96. The van der Waals surface area contributed by atoms with Crippen molar-refractivity contribution in [3.63, 3.8) is 0 Å². The van der Waals surface area contributed by atoms with Crippen LogP contribution in [-0.4, -0.2) is 5.88 Å². The zero-order chi connectivity index (χ0) is 8.77. The Labute approximate surface area is 82.6 Å². The van der Waals surface area contributed by atoms with Crippen molar-refractivity contribution >= 4 is 22.9 Å². The van der Waals surface area contributed by atoms with Crippen molar-refractivity contribution in [1.82, 2.24) is 0 Å². The van der Waals surface area contributed by atoms with Crippen molar-refractivity contribution in [2.24, 2.45) is 5.92 Å². The molecule has 12 heavy (non-hydrogen) atoms. The standard InChI is InChI=1S/C10H13ClS/c1-7-3-4-9(12-7)10(2)5-8(10)6-11/h3-4,8H,5-6H2,1-2H3. The first-order valence-corrected chi connectivity index (χ1v) is 5.65. The summed E-state index contributed by atoms with van der Waals surface area (Å²) in [5.41, 5.74) is 0.417. The van der Waals surface area contributed by atoms with Gasteiger partial charge in [0.15, 0.2) is 0 Å². The first-order chi connectivity index (χ1) is 5.66. The number of halogens is 1. The van der Waals surface area contributed by atoms with Gasteiger partial charge in [0, 0.05) is 21.0 Å². The lowest BCUT2D eigenvalue weighted by Crippen LogP contribution is -2.01. The number of thiophene rings is 1. The first kappa shape index (κ1) is 8.58. The molecule has 1 aliphatic carbocycles. The van der Waals surface area contributed by atoms with Gasteiger partial charge in [0.2, 0.25) is 0 Å². The summed E-state index contributed by atoms with van der Waals surface area (Å²) < 4.78 is 0. The van der Waals surface area contributed by atoms with E-state index in [1.807, 2.05) is 11.3 Å². The van der Waals surface area contributed by atoms with Crippen LogP contribution in [0.1, 0.15) is 23.1 Å². The molecule has 0 spiro atoms. The van der Waals surface area contributed by atoms with Crippen molar-refractivity contribution < 1.29 is 0 Å². The molecule has 1 aromatic rings. The van der Waals surface area contributed by atoms with Crippen LogP contribution in [0.5, 0.6) is 0 Å². The fourth-order valence-electron chi connectivity index (χ4n) is 1.72. The smallest absolute Gasteiger partial charge is 0.0260 e. The third kappa shape index (κ3) is 1.20. The van der Waals surface area contributed by atoms with Crippen LogP contribution >= 0.6 is 22.9 Å². The van der Waals surface area contributed by atoms with Crippen molar-refractivity contribution in [2.75, 3.05) is 5.88 Å². The molecule has 0 radical (unpaired) electrons. The molecule has 0 bridgehead atoms. The van der Waals surface area contributed by atoms with Gasteiger partial charge in [-0.3, -0.25) is 0 Å². The third-order valence-electron chi connectivity index (χ3n) is 2.90. The van der Waals surface area contributed by atoms with Gasteiger partial charge in [-0.1, -0.05) is 6.92 Å². The Hall–Kier alpha value is -0.0100. The van der Waals surface area contributed by atoms with E-state index in [4.69, 9.17) is 11.6 Å². The minimum absolute atomic E-state index is 0.417. The van der Waals surface area contributed by atoms with E-state index in [1.54, 1.807) is 0 Å². The molecule has 0 aliphatic heterocycles. The quantitative estimate of drug-likeness (QED) is 0.641. The van der Waals surface area contributed by atoms with Crippen molar-refractivity contribution in [3.8, 4) is 0 Å². The highest BCUT2D eigenvalue weighted by Crippen LogP contribution is 2.56. The zero-order valence-electron chi connectivity index (χ0n) is 7.43. The molecule has 1 aromatic heterocycles. The van der Waals surface area contributed by atoms with Crippen LogP contribution in [0.2, 0.25) is 0 Å². The van der Waals surface area contributed by atoms with E-state index in [1.165, 1.54) is 16.2 Å². The molecule has 0 amide bonds. The maximum absolute atomic E-state index is 5.84. The molecular weight excluding hydrogens is 188 g/mol. The summed E-state index contributed by atoms with van der Waals surface area (Å²) in [6.07, 6.45) is 1.27. The van der Waals surface area contributed by atoms with E-state index in [2.05, 4.69) is 26.0 Å². The summed E-state index contributed by atoms with van der Waals surface area (Å²) in [7, 11) is 0. The molecule has 0 aromatic carbocycles. The summed E-state index contributed by atoms with van der Waals surface area (Å²) in [6, 6.07) is 4.46. The Morgan fingerprint density at radius 3 is 2.83 bits per heavy atom. The predicted molar refractivity (Wildman–Crippen MR) is 55.2 cm³/mol. The number of alkyl halides is 1. The van der Waals surface area contributed by atoms with Crippen molar-refractivity contribution in [3.05, 3.63) is 21.9 Å². The topological polar surface area (TPSA) is 0 Å². The fraction of sp³-hybridized carbons (Fsp3) is 0.600. The SMILES string of the molecule is Cc1ccc(C2(C)CC2CCl)s1. The molecule has 2 heteroatoms. The molecule has 2 rings (SSSR count). The minimum Gasteiger partial charge on any atom is -0.145 e. The average molecular weight is 201 g/mol. The van der Waals surface area contributed by atoms with Gasteiger partial charge in [-0.15, -0.1) is 22.9 Å². The summed E-state index contributed by atoms with van der Waals surface area (Å²) in [6.45, 7) is 4.49. The Bertz CT molecular complexity index is 292. The molecular formula is C10H13ClS. The molecule has 2 unspecified atom stereocenters. The molecule has 1 saturated carbocycles. The fourth-order valence-corrected chi connectivity index (χ4v) is 3.27. The van der Waals surface area contributed by atoms with Gasteiger partial charge in [-0.2, -0.15) is 0 Å². The first-order valence-electron chi connectivity index (χ1n) is 4.29. The Morgan fingerprint density at radius 1 is 1.67 bits per heavy atom. The lowest BCUT2D eigenvalue weighted by Gasteiger charge is -2.05. The van der Waals surface area contributed by atoms with Gasteiger partial charge < -0.3 is 0 Å². The van der Waals surface area contributed by atoms with Crippen molar-refractivity contribution in [1.29, 1.82) is 0 Å². The van der Waals surface area contributed by atoms with Crippen LogP contribution in [0, 0.1) is 12.8 Å². The van der Waals surface area contributed by atoms with Crippen LogP contribution in [0.15, 0.2) is 12.1 Å². The molecule has 0 N–H and O–H groups in total. The van der Waals surface area contributed by atoms with Gasteiger partial charge in [0.25, 0.3) is 0 Å². The maximum atomic E-state index is 5.84. The van der Waals surface area contributed by atoms with E-state index < -0.39 is 0 Å². The molecule has 1 fully saturated rings. The second-order valence-corrected chi connectivity index (χ2v) is 5.48. The van der Waals surface area contributed by atoms with E-state index in [-0.39, 0.29) is 0 Å². The summed E-state index contributed by atoms with van der Waals surface area (Å²) in [5, 5.41) is 0. The normalized spacial score (nSPS) is 33.8. The predicted octanol–water partition coefficient (Wildman–Crippen LogP) is 3.57. The van der Waals surface area contributed by atoms with Crippen molar-refractivity contribution in [2.45, 2.75) is 25.7 Å². The number of hydrogen-bond acceptors (Lipinski definition) is 1. The molecule has 66 valence electrons. The Balaban J connectivity index is 2.22. The average Bonchev–Trinajstić information content (AvgIpc) is 2.50.